The van der Waals surface area contributed by atoms with Crippen LogP contribution in [-0.2, 0) is 39.5 Å². The Kier molecular flexibility index (Phi) is 8.49. The van der Waals surface area contributed by atoms with Crippen molar-refractivity contribution in [3.05, 3.63) is 17.5 Å². The van der Waals surface area contributed by atoms with Gasteiger partial charge in [0, 0.05) is 0 Å². The van der Waals surface area contributed by atoms with Crippen LogP contribution in [0, 0.1) is 12.3 Å². The van der Waals surface area contributed by atoms with E-state index in [0.717, 1.165) is 0 Å². The van der Waals surface area contributed by atoms with Crippen LogP contribution in [0.15, 0.2) is 10.6 Å². The Labute approximate surface area is 180 Å². The Balaban J connectivity index is 1.85. The summed E-state index contributed by atoms with van der Waals surface area (Å²) in [6, 6.07) is 0.759. The van der Waals surface area contributed by atoms with E-state index >= 15 is 0 Å². The number of hydrogen-bond acceptors (Lipinski definition) is 11. The minimum atomic E-state index is -4.02. The van der Waals surface area contributed by atoms with Gasteiger partial charge in [-0.05, 0) is 6.92 Å². The number of rotatable bonds is 9. The van der Waals surface area contributed by atoms with Crippen molar-refractivity contribution in [2.24, 2.45) is 5.41 Å². The molecule has 31 heavy (non-hydrogen) atoms. The number of nitrogens with one attached hydrogen (secondary N) is 2. The van der Waals surface area contributed by atoms with Crippen LogP contribution in [-0.4, -0.2) is 60.3 Å². The average molecular weight is 463 g/mol. The number of amides is 1. The van der Waals surface area contributed by atoms with Gasteiger partial charge in [0.2, 0.25) is 0 Å². The number of methoxy groups -OCH3 is 1. The molecule has 176 valence electrons. The van der Waals surface area contributed by atoms with Crippen molar-refractivity contribution in [2.75, 3.05) is 20.3 Å². The fourth-order valence-corrected chi connectivity index (χ4v) is 5.00. The normalized spacial score (nSPS) is 21.5. The monoisotopic (exact) mass is 463 g/mol. The molecule has 2 atom stereocenters. The number of carbonyl (C=O) groups is 3. The van der Waals surface area contributed by atoms with E-state index in [-0.39, 0.29) is 26.2 Å². The van der Waals surface area contributed by atoms with E-state index in [1.807, 2.05) is 0 Å². The first-order valence-corrected chi connectivity index (χ1v) is 11.5. The number of aromatic nitrogens is 1. The molecule has 0 radical (unpaired) electrons. The maximum atomic E-state index is 12.7. The zero-order chi connectivity index (χ0) is 23.2. The number of aryl methyl sites for hydroxylation is 1. The van der Waals surface area contributed by atoms with Gasteiger partial charge < -0.3 is 0 Å². The summed E-state index contributed by atoms with van der Waals surface area (Å²) in [4.78, 5) is 46.8. The molecule has 1 aromatic heterocycles. The number of carbonyl (C=O) groups excluding carboxylic acids is 3. The summed E-state index contributed by atoms with van der Waals surface area (Å²) in [5.41, 5.74) is -0.268. The second kappa shape index (κ2) is 10.5. The van der Waals surface area contributed by atoms with Crippen molar-refractivity contribution in [1.29, 1.82) is 0 Å². The summed E-state index contributed by atoms with van der Waals surface area (Å²) in [5.74, 6) is -1.05. The van der Waals surface area contributed by atoms with Crippen LogP contribution in [0.1, 0.15) is 38.6 Å². The molecule has 1 aromatic rings. The second-order valence-electron chi connectivity index (χ2n) is 7.88. The fourth-order valence-electron chi connectivity index (χ4n) is 2.80. The minimum absolute atomic E-state index is 0.0122. The van der Waals surface area contributed by atoms with E-state index in [9.17, 15) is 19.3 Å². The predicted octanol–water partition coefficient (Wildman–Crippen LogP) is 0.527. The van der Waals surface area contributed by atoms with E-state index in [1.165, 1.54) is 14.0 Å². The van der Waals surface area contributed by atoms with E-state index in [1.54, 1.807) is 26.8 Å². The molecule has 0 aliphatic carbocycles. The molecule has 2 heterocycles. The van der Waals surface area contributed by atoms with Crippen LogP contribution in [0.4, 0.5) is 0 Å². The van der Waals surface area contributed by atoms with Crippen molar-refractivity contribution < 1.29 is 42.3 Å². The predicted molar refractivity (Wildman–Crippen MR) is 108 cm³/mol. The molecule has 0 saturated carbocycles. The Morgan fingerprint density at radius 2 is 2.13 bits per heavy atom. The molecular weight excluding hydrogens is 433 g/mol. The van der Waals surface area contributed by atoms with Gasteiger partial charge in [-0.2, -0.15) is 0 Å². The van der Waals surface area contributed by atoms with Gasteiger partial charge in [-0.3, -0.25) is 0 Å². The van der Waals surface area contributed by atoms with E-state index in [2.05, 4.69) is 20.3 Å². The molecule has 2 rings (SSSR count). The van der Waals surface area contributed by atoms with Crippen molar-refractivity contribution in [1.82, 2.24) is 15.6 Å². The van der Waals surface area contributed by atoms with Gasteiger partial charge in [0.15, 0.2) is 0 Å². The van der Waals surface area contributed by atoms with Crippen LogP contribution in [0.3, 0.4) is 0 Å². The number of ether oxygens (including phenoxy) is 2. The van der Waals surface area contributed by atoms with Gasteiger partial charge in [0.25, 0.3) is 0 Å². The first-order valence-electron chi connectivity index (χ1n) is 9.71. The molecule has 12 nitrogen and oxygen atoms in total. The van der Waals surface area contributed by atoms with Crippen LogP contribution >= 0.6 is 8.09 Å². The van der Waals surface area contributed by atoms with Gasteiger partial charge in [0.1, 0.15) is 0 Å². The molecule has 1 fully saturated rings. The van der Waals surface area contributed by atoms with Gasteiger partial charge >= 0.3 is 173 Å². The SMILES string of the molecule is COC(=O)[C@H](C)N[PH]1(O)OCC(C)(C)[C@H](C(=O)NCCC(=O)OCc2cc(C)on2)O1. The van der Waals surface area contributed by atoms with Crippen molar-refractivity contribution in [3.8, 4) is 0 Å². The number of nitrogens with zero attached hydrogens (tertiary/aromatic N) is 1. The zero-order valence-electron chi connectivity index (χ0n) is 18.2. The van der Waals surface area contributed by atoms with Gasteiger partial charge in [-0.25, -0.2) is 0 Å². The van der Waals surface area contributed by atoms with Gasteiger partial charge in [0.05, 0.1) is 0 Å². The third-order valence-electron chi connectivity index (χ3n) is 4.51. The van der Waals surface area contributed by atoms with Crippen molar-refractivity contribution in [3.63, 3.8) is 0 Å². The summed E-state index contributed by atoms with van der Waals surface area (Å²) < 4.78 is 25.6. The zero-order valence-corrected chi connectivity index (χ0v) is 19.2. The van der Waals surface area contributed by atoms with Crippen molar-refractivity contribution >= 4 is 25.9 Å². The molecule has 0 aromatic carbocycles. The first kappa shape index (κ1) is 25.2. The molecule has 3 N–H and O–H groups in total. The van der Waals surface area contributed by atoms with Crippen molar-refractivity contribution in [2.45, 2.75) is 52.9 Å². The molecular formula is C18H30N3O9P. The Bertz CT molecular complexity index is 800. The molecule has 0 unspecified atom stereocenters. The molecule has 1 amide bonds. The Hall–Kier alpha value is -2.11. The molecule has 1 aliphatic rings. The van der Waals surface area contributed by atoms with Crippen LogP contribution in [0.5, 0.6) is 0 Å². The standard InChI is InChI=1S/C18H30N3O9P/c1-11-8-13(20-29-11)9-27-14(22)6-7-19-16(23)15-18(3,4)10-28-31(25,30-15)21-12(2)17(24)26-5/h8,12,15,21,25,31H,6-7,9-10H2,1-5H3,(H,19,23)/t12-,15-/m0/s1. The van der Waals surface area contributed by atoms with E-state index in [4.69, 9.17) is 18.3 Å². The average Bonchev–Trinajstić information content (AvgIpc) is 3.13. The van der Waals surface area contributed by atoms with E-state index < -0.39 is 43.5 Å². The third kappa shape index (κ3) is 7.22. The summed E-state index contributed by atoms with van der Waals surface area (Å²) in [6.07, 6.45) is -1.13. The van der Waals surface area contributed by atoms with Crippen LogP contribution in [0.2, 0.25) is 0 Å². The van der Waals surface area contributed by atoms with Crippen LogP contribution in [0.25, 0.3) is 0 Å². The molecule has 0 bridgehead atoms. The van der Waals surface area contributed by atoms with E-state index in [0.29, 0.717) is 11.5 Å². The fraction of sp³-hybridized carbons (Fsp3) is 0.667. The molecule has 1 aliphatic heterocycles. The summed E-state index contributed by atoms with van der Waals surface area (Å²) in [5, 5.41) is 8.91. The number of esters is 2. The Morgan fingerprint density at radius 3 is 2.74 bits per heavy atom. The quantitative estimate of drug-likeness (QED) is 0.346. The molecule has 1 saturated heterocycles. The number of hydrogen-bond donors (Lipinski definition) is 3. The third-order valence-corrected chi connectivity index (χ3v) is 6.39. The summed E-state index contributed by atoms with van der Waals surface area (Å²) >= 11 is 0. The van der Waals surface area contributed by atoms with Gasteiger partial charge in [-0.1, -0.05) is 0 Å². The summed E-state index contributed by atoms with van der Waals surface area (Å²) in [7, 11) is -2.81. The topological polar surface area (TPSA) is 158 Å². The molecule has 13 heteroatoms. The van der Waals surface area contributed by atoms with Crippen LogP contribution < -0.4 is 10.4 Å². The Morgan fingerprint density at radius 1 is 1.42 bits per heavy atom. The first-order chi connectivity index (χ1) is 14.5. The second-order valence-corrected chi connectivity index (χ2v) is 9.85. The summed E-state index contributed by atoms with van der Waals surface area (Å²) in [6.45, 7) is 6.69. The molecule has 0 spiro atoms. The van der Waals surface area contributed by atoms with Gasteiger partial charge in [-0.15, -0.1) is 0 Å². The maximum absolute atomic E-state index is 12.7.